The van der Waals surface area contributed by atoms with E-state index in [-0.39, 0.29) is 30.1 Å². The van der Waals surface area contributed by atoms with E-state index in [9.17, 15) is 4.79 Å². The van der Waals surface area contributed by atoms with Crippen LogP contribution in [0.2, 0.25) is 0 Å². The molecular weight excluding hydrogens is 411 g/mol. The van der Waals surface area contributed by atoms with Gasteiger partial charge in [0.25, 0.3) is 0 Å². The van der Waals surface area contributed by atoms with E-state index in [1.807, 2.05) is 0 Å². The molecule has 3 atom stereocenters. The molecule has 8 heteroatoms. The number of carbonyl (C=O) groups is 1. The van der Waals surface area contributed by atoms with Gasteiger partial charge < -0.3 is 15.2 Å². The zero-order chi connectivity index (χ0) is 22.5. The molecule has 3 aliphatic rings. The third-order valence-electron chi connectivity index (χ3n) is 6.58. The van der Waals surface area contributed by atoms with Gasteiger partial charge in [-0.05, 0) is 55.5 Å². The van der Waals surface area contributed by atoms with E-state index in [4.69, 9.17) is 21.8 Å². The van der Waals surface area contributed by atoms with Crippen molar-refractivity contribution in [3.05, 3.63) is 65.3 Å². The highest BCUT2D eigenvalue weighted by Gasteiger charge is 2.56. The Hall–Kier alpha value is -3.44. The first kappa shape index (κ1) is 20.5. The predicted molar refractivity (Wildman–Crippen MR) is 116 cm³/mol. The number of aliphatic imine (C=N–C) groups is 1. The van der Waals surface area contributed by atoms with Crippen LogP contribution < -0.4 is 10.5 Å². The SMILES string of the molecule is [C-]#[N+]c1cccc(Oc2ccc(F)c([C@]34CO[C@@H](C5CC5)C[C@H]3C(=O)N(C)C(N)=N4)c2)c1. The molecule has 1 saturated heterocycles. The summed E-state index contributed by atoms with van der Waals surface area (Å²) in [4.78, 5) is 22.6. The molecule has 0 radical (unpaired) electrons. The molecule has 32 heavy (non-hydrogen) atoms. The van der Waals surface area contributed by atoms with Gasteiger partial charge in [-0.1, -0.05) is 12.1 Å². The van der Waals surface area contributed by atoms with Gasteiger partial charge >= 0.3 is 0 Å². The highest BCUT2D eigenvalue weighted by Crippen LogP contribution is 2.50. The Labute approximate surface area is 185 Å². The van der Waals surface area contributed by atoms with Crippen LogP contribution in [-0.2, 0) is 15.1 Å². The molecule has 5 rings (SSSR count). The Balaban J connectivity index is 1.56. The van der Waals surface area contributed by atoms with E-state index in [1.54, 1.807) is 37.4 Å². The van der Waals surface area contributed by atoms with Gasteiger partial charge in [-0.2, -0.15) is 0 Å². The maximum absolute atomic E-state index is 15.2. The fourth-order valence-electron chi connectivity index (χ4n) is 4.65. The van der Waals surface area contributed by atoms with Crippen molar-refractivity contribution in [3.8, 4) is 11.5 Å². The first-order chi connectivity index (χ1) is 15.4. The van der Waals surface area contributed by atoms with Gasteiger partial charge in [-0.15, -0.1) is 0 Å². The third-order valence-corrected chi connectivity index (χ3v) is 6.58. The van der Waals surface area contributed by atoms with E-state index >= 15 is 4.39 Å². The molecule has 1 saturated carbocycles. The molecule has 0 spiro atoms. The van der Waals surface area contributed by atoms with Crippen molar-refractivity contribution in [1.29, 1.82) is 0 Å². The quantitative estimate of drug-likeness (QED) is 0.739. The number of amides is 1. The Kier molecular flexibility index (Phi) is 4.86. The van der Waals surface area contributed by atoms with Crippen molar-refractivity contribution in [3.63, 3.8) is 0 Å². The van der Waals surface area contributed by atoms with Crippen molar-refractivity contribution in [2.24, 2.45) is 22.6 Å². The van der Waals surface area contributed by atoms with E-state index < -0.39 is 17.3 Å². The number of hydrogen-bond acceptors (Lipinski definition) is 5. The average Bonchev–Trinajstić information content (AvgIpc) is 3.64. The third kappa shape index (κ3) is 3.39. The van der Waals surface area contributed by atoms with Crippen molar-refractivity contribution in [1.82, 2.24) is 4.90 Å². The summed E-state index contributed by atoms with van der Waals surface area (Å²) in [7, 11) is 1.59. The largest absolute Gasteiger partial charge is 0.459 e. The van der Waals surface area contributed by atoms with Crippen LogP contribution in [0.25, 0.3) is 4.85 Å². The summed E-state index contributed by atoms with van der Waals surface area (Å²) in [6.45, 7) is 7.24. The number of carbonyl (C=O) groups excluding carboxylic acids is 1. The normalized spacial score (nSPS) is 27.3. The van der Waals surface area contributed by atoms with Crippen molar-refractivity contribution in [2.45, 2.75) is 30.9 Å². The molecule has 2 fully saturated rings. The number of hydrogen-bond donors (Lipinski definition) is 1. The standard InChI is InChI=1S/C24H23FN4O3/c1-27-15-4-3-5-16(10-15)32-17-8-9-20(25)18(11-17)24-13-31-21(14-6-7-14)12-19(24)22(30)29(2)23(26)28-24/h3-5,8-11,14,19,21H,6-7,12-13H2,2H3,(H2,26,28)/t19-,21+,24+/m0/s1. The van der Waals surface area contributed by atoms with Crippen LogP contribution >= 0.6 is 0 Å². The number of rotatable bonds is 4. The minimum atomic E-state index is -1.25. The van der Waals surface area contributed by atoms with Crippen LogP contribution in [0.15, 0.2) is 47.5 Å². The number of halogens is 1. The molecule has 2 aromatic rings. The molecule has 164 valence electrons. The number of ether oxygens (including phenoxy) is 2. The molecule has 2 aliphatic heterocycles. The number of nitrogens with zero attached hydrogens (tertiary/aromatic N) is 3. The molecule has 2 N–H and O–H groups in total. The van der Waals surface area contributed by atoms with Gasteiger partial charge in [0.1, 0.15) is 22.9 Å². The van der Waals surface area contributed by atoms with E-state index in [0.29, 0.717) is 29.5 Å². The van der Waals surface area contributed by atoms with Gasteiger partial charge in [-0.25, -0.2) is 14.2 Å². The molecule has 0 unspecified atom stereocenters. The Morgan fingerprint density at radius 2 is 2.06 bits per heavy atom. The van der Waals surface area contributed by atoms with Gasteiger partial charge in [-0.3, -0.25) is 9.69 Å². The lowest BCUT2D eigenvalue weighted by Crippen LogP contribution is -2.60. The zero-order valence-corrected chi connectivity index (χ0v) is 17.6. The topological polar surface area (TPSA) is 81.5 Å². The minimum absolute atomic E-state index is 0.0288. The molecular formula is C24H23FN4O3. The molecule has 0 bridgehead atoms. The number of fused-ring (bicyclic) bond motifs is 1. The molecule has 7 nitrogen and oxygen atoms in total. The smallest absolute Gasteiger partial charge is 0.235 e. The van der Waals surface area contributed by atoms with Crippen LogP contribution in [0.1, 0.15) is 24.8 Å². The summed E-state index contributed by atoms with van der Waals surface area (Å²) in [6.07, 6.45) is 2.61. The van der Waals surface area contributed by atoms with E-state index in [1.165, 1.54) is 17.0 Å². The van der Waals surface area contributed by atoms with Crippen molar-refractivity contribution in [2.75, 3.05) is 13.7 Å². The van der Waals surface area contributed by atoms with Gasteiger partial charge in [0.15, 0.2) is 11.6 Å². The van der Waals surface area contributed by atoms with Gasteiger partial charge in [0, 0.05) is 12.6 Å². The summed E-state index contributed by atoms with van der Waals surface area (Å²) in [5.74, 6) is 0.0668. The molecule has 1 amide bonds. The molecule has 2 aromatic carbocycles. The van der Waals surface area contributed by atoms with Crippen LogP contribution in [0.5, 0.6) is 11.5 Å². The second-order valence-electron chi connectivity index (χ2n) is 8.62. The van der Waals surface area contributed by atoms with Crippen LogP contribution in [-0.4, -0.2) is 36.5 Å². The van der Waals surface area contributed by atoms with E-state index in [0.717, 1.165) is 12.8 Å². The monoisotopic (exact) mass is 434 g/mol. The van der Waals surface area contributed by atoms with Crippen molar-refractivity contribution >= 4 is 17.6 Å². The summed E-state index contributed by atoms with van der Waals surface area (Å²) in [5, 5.41) is 0. The average molecular weight is 434 g/mol. The lowest BCUT2D eigenvalue weighted by Gasteiger charge is -2.47. The predicted octanol–water partition coefficient (Wildman–Crippen LogP) is 3.97. The Bertz CT molecular complexity index is 1160. The summed E-state index contributed by atoms with van der Waals surface area (Å²) < 4.78 is 27.2. The van der Waals surface area contributed by atoms with E-state index in [2.05, 4.69) is 9.84 Å². The van der Waals surface area contributed by atoms with Gasteiger partial charge in [0.05, 0.1) is 25.2 Å². The first-order valence-corrected chi connectivity index (χ1v) is 10.6. The molecule has 1 aliphatic carbocycles. The molecule has 0 aromatic heterocycles. The maximum Gasteiger partial charge on any atom is 0.235 e. The minimum Gasteiger partial charge on any atom is -0.459 e. The lowest BCUT2D eigenvalue weighted by atomic mass is 9.72. The number of guanidine groups is 1. The summed E-state index contributed by atoms with van der Waals surface area (Å²) >= 11 is 0. The highest BCUT2D eigenvalue weighted by molar-refractivity contribution is 6.00. The van der Waals surface area contributed by atoms with Crippen LogP contribution in [0, 0.1) is 24.2 Å². The van der Waals surface area contributed by atoms with Crippen LogP contribution in [0.3, 0.4) is 0 Å². The Morgan fingerprint density at radius 1 is 1.28 bits per heavy atom. The highest BCUT2D eigenvalue weighted by atomic mass is 19.1. The fraction of sp³-hybridized carbons (Fsp3) is 0.375. The first-order valence-electron chi connectivity index (χ1n) is 10.6. The maximum atomic E-state index is 15.2. The van der Waals surface area contributed by atoms with Crippen LogP contribution in [0.4, 0.5) is 10.1 Å². The second-order valence-corrected chi connectivity index (χ2v) is 8.62. The second kappa shape index (κ2) is 7.61. The zero-order valence-electron chi connectivity index (χ0n) is 17.6. The number of nitrogens with two attached hydrogens (primary N) is 1. The lowest BCUT2D eigenvalue weighted by molar-refractivity contribution is -0.146. The summed E-state index contributed by atoms with van der Waals surface area (Å²) in [5.41, 5.74) is 5.48. The number of benzene rings is 2. The Morgan fingerprint density at radius 3 is 2.81 bits per heavy atom. The molecule has 2 heterocycles. The summed E-state index contributed by atoms with van der Waals surface area (Å²) in [6, 6.07) is 11.1. The fourth-order valence-corrected chi connectivity index (χ4v) is 4.65. The van der Waals surface area contributed by atoms with Crippen molar-refractivity contribution < 1.29 is 18.7 Å². The van der Waals surface area contributed by atoms with Gasteiger partial charge in [0.2, 0.25) is 5.91 Å².